The lowest BCUT2D eigenvalue weighted by molar-refractivity contribution is -0.144. The molecule has 0 aliphatic carbocycles. The Bertz CT molecular complexity index is 570. The third-order valence-electron chi connectivity index (χ3n) is 4.18. The van der Waals surface area contributed by atoms with Crippen LogP contribution in [0.2, 0.25) is 0 Å². The lowest BCUT2D eigenvalue weighted by Crippen LogP contribution is -2.53. The predicted octanol–water partition coefficient (Wildman–Crippen LogP) is 2.95. The fraction of sp³-hybridized carbons (Fsp3) is 0.579. The Morgan fingerprint density at radius 2 is 1.54 bits per heavy atom. The lowest BCUT2D eigenvalue weighted by atomic mass is 9.94. The van der Waals surface area contributed by atoms with Crippen LogP contribution in [0.1, 0.15) is 31.9 Å². The number of amides is 2. The van der Waals surface area contributed by atoms with Crippen molar-refractivity contribution in [2.24, 2.45) is 5.41 Å². The Kier molecular flexibility index (Phi) is 6.33. The van der Waals surface area contributed by atoms with E-state index >= 15 is 0 Å². The summed E-state index contributed by atoms with van der Waals surface area (Å²) in [6, 6.07) is 8.43. The first kappa shape index (κ1) is 18.8. The van der Waals surface area contributed by atoms with Crippen LogP contribution in [0.5, 0.6) is 0 Å². The van der Waals surface area contributed by atoms with Crippen LogP contribution < -0.4 is 0 Å². The second-order valence-electron chi connectivity index (χ2n) is 7.40. The SMILES string of the molecule is Cc1ccc(CSCC(=O)N2CCN(C(=O)C(C)(C)C)CC2)cc1. The standard InChI is InChI=1S/C19H28N2O2S/c1-15-5-7-16(8-6-15)13-24-14-17(22)20-9-11-21(12-10-20)18(23)19(2,3)4/h5-8H,9-14H2,1-4H3. The number of carbonyl (C=O) groups is 2. The maximum Gasteiger partial charge on any atom is 0.232 e. The Labute approximate surface area is 149 Å². The van der Waals surface area contributed by atoms with E-state index in [1.165, 1.54) is 11.1 Å². The Hall–Kier alpha value is -1.49. The summed E-state index contributed by atoms with van der Waals surface area (Å²) in [6.07, 6.45) is 0. The van der Waals surface area contributed by atoms with Gasteiger partial charge in [-0.15, -0.1) is 11.8 Å². The average Bonchev–Trinajstić information content (AvgIpc) is 2.55. The average molecular weight is 349 g/mol. The molecule has 1 aromatic carbocycles. The molecule has 1 heterocycles. The number of aryl methyl sites for hydroxylation is 1. The van der Waals surface area contributed by atoms with Gasteiger partial charge in [0.2, 0.25) is 11.8 Å². The molecule has 132 valence electrons. The van der Waals surface area contributed by atoms with E-state index in [2.05, 4.69) is 31.2 Å². The molecule has 1 aliphatic rings. The van der Waals surface area contributed by atoms with E-state index in [4.69, 9.17) is 0 Å². The molecule has 24 heavy (non-hydrogen) atoms. The highest BCUT2D eigenvalue weighted by Gasteiger charge is 2.30. The minimum Gasteiger partial charge on any atom is -0.339 e. The van der Waals surface area contributed by atoms with Crippen molar-refractivity contribution in [3.05, 3.63) is 35.4 Å². The van der Waals surface area contributed by atoms with Gasteiger partial charge in [-0.05, 0) is 12.5 Å². The summed E-state index contributed by atoms with van der Waals surface area (Å²) in [4.78, 5) is 28.3. The van der Waals surface area contributed by atoms with Crippen molar-refractivity contribution in [3.8, 4) is 0 Å². The van der Waals surface area contributed by atoms with Crippen LogP contribution in [0.3, 0.4) is 0 Å². The number of benzene rings is 1. The normalized spacial score (nSPS) is 15.5. The van der Waals surface area contributed by atoms with Crippen molar-refractivity contribution in [3.63, 3.8) is 0 Å². The molecule has 0 N–H and O–H groups in total. The topological polar surface area (TPSA) is 40.6 Å². The van der Waals surface area contributed by atoms with Gasteiger partial charge in [0.15, 0.2) is 0 Å². The molecular formula is C19H28N2O2S. The van der Waals surface area contributed by atoms with Crippen molar-refractivity contribution in [2.45, 2.75) is 33.4 Å². The summed E-state index contributed by atoms with van der Waals surface area (Å²) in [5.74, 6) is 1.70. The molecule has 0 bridgehead atoms. The third kappa shape index (κ3) is 5.26. The van der Waals surface area contributed by atoms with Gasteiger partial charge in [-0.2, -0.15) is 0 Å². The Morgan fingerprint density at radius 3 is 2.08 bits per heavy atom. The van der Waals surface area contributed by atoms with Crippen LogP contribution >= 0.6 is 11.8 Å². The summed E-state index contributed by atoms with van der Waals surface area (Å²) in [5.41, 5.74) is 2.15. The summed E-state index contributed by atoms with van der Waals surface area (Å²) in [6.45, 7) is 10.5. The minimum absolute atomic E-state index is 0.170. The maximum atomic E-state index is 12.3. The summed E-state index contributed by atoms with van der Waals surface area (Å²) in [7, 11) is 0. The zero-order valence-corrected chi connectivity index (χ0v) is 16.0. The molecule has 0 spiro atoms. The van der Waals surface area contributed by atoms with E-state index in [0.29, 0.717) is 31.9 Å². The zero-order valence-electron chi connectivity index (χ0n) is 15.2. The van der Waals surface area contributed by atoms with Crippen LogP contribution in [0.15, 0.2) is 24.3 Å². The van der Waals surface area contributed by atoms with Crippen molar-refractivity contribution in [1.29, 1.82) is 0 Å². The van der Waals surface area contributed by atoms with E-state index in [1.54, 1.807) is 11.8 Å². The van der Waals surface area contributed by atoms with Crippen LogP contribution in [0, 0.1) is 12.3 Å². The summed E-state index contributed by atoms with van der Waals surface area (Å²) < 4.78 is 0. The van der Waals surface area contributed by atoms with Gasteiger partial charge < -0.3 is 9.80 Å². The van der Waals surface area contributed by atoms with E-state index in [0.717, 1.165) is 5.75 Å². The molecule has 0 atom stereocenters. The Morgan fingerprint density at radius 1 is 1.00 bits per heavy atom. The maximum absolute atomic E-state index is 12.3. The first-order chi connectivity index (χ1) is 11.3. The molecule has 1 fully saturated rings. The van der Waals surface area contributed by atoms with E-state index < -0.39 is 0 Å². The molecule has 5 heteroatoms. The van der Waals surface area contributed by atoms with Gasteiger partial charge in [0.05, 0.1) is 5.75 Å². The Balaban J connectivity index is 1.73. The quantitative estimate of drug-likeness (QED) is 0.840. The smallest absolute Gasteiger partial charge is 0.232 e. The van der Waals surface area contributed by atoms with Gasteiger partial charge in [-0.25, -0.2) is 0 Å². The highest BCUT2D eigenvalue weighted by molar-refractivity contribution is 7.99. The zero-order chi connectivity index (χ0) is 17.7. The van der Waals surface area contributed by atoms with Gasteiger partial charge in [-0.1, -0.05) is 50.6 Å². The highest BCUT2D eigenvalue weighted by Crippen LogP contribution is 2.19. The second kappa shape index (κ2) is 8.06. The largest absolute Gasteiger partial charge is 0.339 e. The molecule has 1 aliphatic heterocycles. The molecule has 1 aromatic rings. The number of thioether (sulfide) groups is 1. The van der Waals surface area contributed by atoms with Gasteiger partial charge in [0.1, 0.15) is 0 Å². The number of hydrogen-bond donors (Lipinski definition) is 0. The fourth-order valence-electron chi connectivity index (χ4n) is 2.67. The van der Waals surface area contributed by atoms with Crippen LogP contribution in [0.4, 0.5) is 0 Å². The number of carbonyl (C=O) groups excluding carboxylic acids is 2. The molecule has 0 saturated carbocycles. The lowest BCUT2D eigenvalue weighted by Gasteiger charge is -2.37. The summed E-state index contributed by atoms with van der Waals surface area (Å²) in [5, 5.41) is 0. The predicted molar refractivity (Wildman–Crippen MR) is 100.0 cm³/mol. The first-order valence-corrected chi connectivity index (χ1v) is 9.63. The molecule has 2 amide bonds. The minimum atomic E-state index is -0.351. The van der Waals surface area contributed by atoms with Crippen LogP contribution in [-0.2, 0) is 15.3 Å². The van der Waals surface area contributed by atoms with Crippen molar-refractivity contribution in [2.75, 3.05) is 31.9 Å². The van der Waals surface area contributed by atoms with Crippen molar-refractivity contribution in [1.82, 2.24) is 9.80 Å². The van der Waals surface area contributed by atoms with Crippen LogP contribution in [-0.4, -0.2) is 53.5 Å². The molecule has 0 aromatic heterocycles. The fourth-order valence-corrected chi connectivity index (χ4v) is 3.55. The van der Waals surface area contributed by atoms with Crippen molar-refractivity contribution < 1.29 is 9.59 Å². The molecule has 2 rings (SSSR count). The van der Waals surface area contributed by atoms with Gasteiger partial charge in [0.25, 0.3) is 0 Å². The highest BCUT2D eigenvalue weighted by atomic mass is 32.2. The first-order valence-electron chi connectivity index (χ1n) is 8.48. The van der Waals surface area contributed by atoms with E-state index in [9.17, 15) is 9.59 Å². The van der Waals surface area contributed by atoms with Crippen molar-refractivity contribution >= 4 is 23.6 Å². The second-order valence-corrected chi connectivity index (χ2v) is 8.39. The molecule has 0 unspecified atom stereocenters. The van der Waals surface area contributed by atoms with E-state index in [1.807, 2.05) is 30.6 Å². The third-order valence-corrected chi connectivity index (χ3v) is 5.16. The number of piperazine rings is 1. The van der Waals surface area contributed by atoms with Gasteiger partial charge in [0, 0.05) is 37.3 Å². The number of hydrogen-bond acceptors (Lipinski definition) is 3. The van der Waals surface area contributed by atoms with Crippen LogP contribution in [0.25, 0.3) is 0 Å². The molecular weight excluding hydrogens is 320 g/mol. The van der Waals surface area contributed by atoms with Gasteiger partial charge in [-0.3, -0.25) is 9.59 Å². The molecule has 1 saturated heterocycles. The number of nitrogens with zero attached hydrogens (tertiary/aromatic N) is 2. The molecule has 4 nitrogen and oxygen atoms in total. The molecule has 0 radical (unpaired) electrons. The monoisotopic (exact) mass is 348 g/mol. The van der Waals surface area contributed by atoms with E-state index in [-0.39, 0.29) is 17.2 Å². The number of rotatable bonds is 4. The summed E-state index contributed by atoms with van der Waals surface area (Å²) >= 11 is 1.65. The van der Waals surface area contributed by atoms with Gasteiger partial charge >= 0.3 is 0 Å².